The van der Waals surface area contributed by atoms with Crippen molar-refractivity contribution in [3.63, 3.8) is 0 Å². The Bertz CT molecular complexity index is 1240. The van der Waals surface area contributed by atoms with Crippen LogP contribution in [0.15, 0.2) is 89.5 Å². The van der Waals surface area contributed by atoms with E-state index < -0.39 is 0 Å². The number of hydrogen-bond acceptors (Lipinski definition) is 4. The number of nitrogens with zero attached hydrogens (tertiary/aromatic N) is 2. The summed E-state index contributed by atoms with van der Waals surface area (Å²) < 4.78 is 25.1. The summed E-state index contributed by atoms with van der Waals surface area (Å²) in [5.41, 5.74) is 2.53. The molecule has 3 heterocycles. The van der Waals surface area contributed by atoms with Crippen molar-refractivity contribution < 1.29 is 13.5 Å². The molecule has 0 saturated carbocycles. The molecular formula is C25H20FN3O2S. The molecule has 7 heteroatoms. The number of ether oxygens (including phenoxy) is 1. The van der Waals surface area contributed by atoms with Crippen LogP contribution in [0.3, 0.4) is 0 Å². The van der Waals surface area contributed by atoms with Gasteiger partial charge in [-0.15, -0.1) is 0 Å². The average molecular weight is 446 g/mol. The lowest BCUT2D eigenvalue weighted by atomic mass is 10.0. The molecule has 2 aromatic carbocycles. The molecule has 0 aliphatic carbocycles. The number of hydrogen-bond donors (Lipinski definition) is 1. The molecule has 1 aliphatic heterocycles. The smallest absolute Gasteiger partial charge is 0.174 e. The topological polar surface area (TPSA) is 50.5 Å². The molecule has 32 heavy (non-hydrogen) atoms. The number of halogens is 1. The number of pyridine rings is 1. The number of nitrogens with one attached hydrogen (secondary N) is 1. The summed E-state index contributed by atoms with van der Waals surface area (Å²) in [5.74, 6) is 1.82. The molecule has 0 amide bonds. The Balaban J connectivity index is 1.59. The van der Waals surface area contributed by atoms with Gasteiger partial charge < -0.3 is 19.4 Å². The van der Waals surface area contributed by atoms with Crippen LogP contribution in [0.2, 0.25) is 0 Å². The highest BCUT2D eigenvalue weighted by Crippen LogP contribution is 2.43. The summed E-state index contributed by atoms with van der Waals surface area (Å²) in [5, 5.41) is 3.97. The number of aromatic nitrogens is 1. The van der Waals surface area contributed by atoms with Crippen molar-refractivity contribution in [2.24, 2.45) is 0 Å². The first kappa shape index (κ1) is 20.2. The molecule has 1 saturated heterocycles. The zero-order chi connectivity index (χ0) is 22.1. The third kappa shape index (κ3) is 3.71. The van der Waals surface area contributed by atoms with Gasteiger partial charge in [-0.25, -0.2) is 4.39 Å². The summed E-state index contributed by atoms with van der Waals surface area (Å²) in [7, 11) is 1.63. The minimum atomic E-state index is -0.287. The summed E-state index contributed by atoms with van der Waals surface area (Å²) in [6, 6.07) is 23.1. The Hall–Kier alpha value is -3.71. The summed E-state index contributed by atoms with van der Waals surface area (Å²) in [6.07, 6.45) is 1.76. The number of rotatable bonds is 5. The second kappa shape index (κ2) is 8.43. The predicted octanol–water partition coefficient (Wildman–Crippen LogP) is 5.67. The van der Waals surface area contributed by atoms with Crippen molar-refractivity contribution in [1.29, 1.82) is 0 Å². The number of furan rings is 1. The molecular weight excluding hydrogens is 425 g/mol. The van der Waals surface area contributed by atoms with Crippen molar-refractivity contribution in [2.45, 2.75) is 12.1 Å². The number of thiocarbonyl (C=S) groups is 1. The average Bonchev–Trinajstić information content (AvgIpc) is 3.45. The Morgan fingerprint density at radius 2 is 1.88 bits per heavy atom. The van der Waals surface area contributed by atoms with Gasteiger partial charge in [-0.3, -0.25) is 4.98 Å². The van der Waals surface area contributed by atoms with E-state index in [1.807, 2.05) is 59.5 Å². The van der Waals surface area contributed by atoms with E-state index in [-0.39, 0.29) is 17.9 Å². The molecule has 1 aliphatic rings. The third-order valence-corrected chi connectivity index (χ3v) is 5.79. The summed E-state index contributed by atoms with van der Waals surface area (Å²) in [6.45, 7) is 0. The highest BCUT2D eigenvalue weighted by atomic mass is 32.1. The maximum Gasteiger partial charge on any atom is 0.174 e. The zero-order valence-electron chi connectivity index (χ0n) is 17.2. The van der Waals surface area contributed by atoms with Gasteiger partial charge in [-0.05, 0) is 72.9 Å². The first-order valence-electron chi connectivity index (χ1n) is 10.1. The molecule has 2 atom stereocenters. The van der Waals surface area contributed by atoms with E-state index in [0.717, 1.165) is 28.5 Å². The predicted molar refractivity (Wildman–Crippen MR) is 125 cm³/mol. The highest BCUT2D eigenvalue weighted by molar-refractivity contribution is 7.80. The lowest BCUT2D eigenvalue weighted by Crippen LogP contribution is -2.29. The van der Waals surface area contributed by atoms with E-state index in [9.17, 15) is 4.39 Å². The second-order valence-electron chi connectivity index (χ2n) is 7.41. The van der Waals surface area contributed by atoms with Gasteiger partial charge in [-0.1, -0.05) is 12.1 Å². The quantitative estimate of drug-likeness (QED) is 0.400. The fourth-order valence-electron chi connectivity index (χ4n) is 3.96. The summed E-state index contributed by atoms with van der Waals surface area (Å²) in [4.78, 5) is 6.57. The van der Waals surface area contributed by atoms with Crippen LogP contribution in [-0.2, 0) is 0 Å². The van der Waals surface area contributed by atoms with Gasteiger partial charge >= 0.3 is 0 Å². The molecule has 0 unspecified atom stereocenters. The van der Waals surface area contributed by atoms with Crippen LogP contribution in [0.5, 0.6) is 5.75 Å². The molecule has 0 radical (unpaired) electrons. The number of benzene rings is 2. The molecule has 1 fully saturated rings. The minimum Gasteiger partial charge on any atom is -0.497 e. The minimum absolute atomic E-state index is 0.220. The fraction of sp³-hybridized carbons (Fsp3) is 0.120. The van der Waals surface area contributed by atoms with Crippen molar-refractivity contribution >= 4 is 23.0 Å². The van der Waals surface area contributed by atoms with E-state index in [1.54, 1.807) is 25.4 Å². The van der Waals surface area contributed by atoms with Crippen LogP contribution in [0.4, 0.5) is 10.1 Å². The van der Waals surface area contributed by atoms with Gasteiger partial charge in [0, 0.05) is 23.5 Å². The first-order valence-corrected chi connectivity index (χ1v) is 10.6. The first-order chi connectivity index (χ1) is 15.6. The van der Waals surface area contributed by atoms with Gasteiger partial charge in [-0.2, -0.15) is 0 Å². The molecule has 0 bridgehead atoms. The van der Waals surface area contributed by atoms with Gasteiger partial charge in [0.2, 0.25) is 0 Å². The van der Waals surface area contributed by atoms with Crippen LogP contribution < -0.4 is 15.0 Å². The third-order valence-electron chi connectivity index (χ3n) is 5.48. The molecule has 5 rings (SSSR count). The van der Waals surface area contributed by atoms with Gasteiger partial charge in [0.1, 0.15) is 29.1 Å². The lowest BCUT2D eigenvalue weighted by molar-refractivity contribution is 0.414. The van der Waals surface area contributed by atoms with Crippen LogP contribution in [0, 0.1) is 5.82 Å². The number of anilines is 1. The Morgan fingerprint density at radius 1 is 1.03 bits per heavy atom. The van der Waals surface area contributed by atoms with Gasteiger partial charge in [0.15, 0.2) is 5.11 Å². The maximum absolute atomic E-state index is 13.4. The van der Waals surface area contributed by atoms with E-state index in [1.165, 1.54) is 12.1 Å². The van der Waals surface area contributed by atoms with Crippen LogP contribution in [-0.4, -0.2) is 17.2 Å². The Morgan fingerprint density at radius 3 is 2.62 bits per heavy atom. The van der Waals surface area contributed by atoms with E-state index in [2.05, 4.69) is 10.3 Å². The standard InChI is InChI=1S/C25H20FN3O2S/c1-30-19-6-4-5-18(15-19)29-24(23(28-25(29)32)20-7-2-3-14-27-20)22-13-12-21(31-22)16-8-10-17(26)11-9-16/h2-15,23-24H,1H3,(H,28,32)/t23-,24+/m0/s1. The van der Waals surface area contributed by atoms with E-state index >= 15 is 0 Å². The van der Waals surface area contributed by atoms with E-state index in [0.29, 0.717) is 10.9 Å². The molecule has 4 aromatic rings. The molecule has 2 aromatic heterocycles. The monoisotopic (exact) mass is 445 g/mol. The van der Waals surface area contributed by atoms with Crippen molar-refractivity contribution in [1.82, 2.24) is 10.3 Å². The van der Waals surface area contributed by atoms with Crippen LogP contribution in [0.25, 0.3) is 11.3 Å². The normalized spacial score (nSPS) is 17.9. The SMILES string of the molecule is COc1cccc(N2C(=S)N[C@@H](c3ccccn3)[C@H]2c2ccc(-c3ccc(F)cc3)o2)c1. The molecule has 160 valence electrons. The summed E-state index contributed by atoms with van der Waals surface area (Å²) >= 11 is 5.73. The molecule has 0 spiro atoms. The van der Waals surface area contributed by atoms with Gasteiger partial charge in [0.05, 0.1) is 18.8 Å². The van der Waals surface area contributed by atoms with E-state index in [4.69, 9.17) is 21.4 Å². The fourth-order valence-corrected chi connectivity index (χ4v) is 4.31. The number of methoxy groups -OCH3 is 1. The molecule has 1 N–H and O–H groups in total. The Kier molecular flexibility index (Phi) is 5.33. The van der Waals surface area contributed by atoms with Crippen LogP contribution >= 0.6 is 12.2 Å². The molecule has 5 nitrogen and oxygen atoms in total. The highest BCUT2D eigenvalue weighted by Gasteiger charge is 2.42. The van der Waals surface area contributed by atoms with Gasteiger partial charge in [0.25, 0.3) is 0 Å². The van der Waals surface area contributed by atoms with Crippen LogP contribution in [0.1, 0.15) is 23.5 Å². The zero-order valence-corrected chi connectivity index (χ0v) is 18.1. The lowest BCUT2D eigenvalue weighted by Gasteiger charge is -2.26. The largest absolute Gasteiger partial charge is 0.497 e. The van der Waals surface area contributed by atoms with Crippen molar-refractivity contribution in [3.05, 3.63) is 102 Å². The van der Waals surface area contributed by atoms with Crippen molar-refractivity contribution in [3.8, 4) is 17.1 Å². The van der Waals surface area contributed by atoms with Crippen molar-refractivity contribution in [2.75, 3.05) is 12.0 Å². The second-order valence-corrected chi connectivity index (χ2v) is 7.79. The maximum atomic E-state index is 13.4. The Labute approximate surface area is 190 Å².